The molecule has 0 radical (unpaired) electrons. The van der Waals surface area contributed by atoms with Gasteiger partial charge < -0.3 is 15.4 Å². The van der Waals surface area contributed by atoms with Crippen molar-refractivity contribution < 1.29 is 9.53 Å². The number of aryl methyl sites for hydroxylation is 1. The zero-order valence-electron chi connectivity index (χ0n) is 16.2. The molecule has 0 aliphatic rings. The van der Waals surface area contributed by atoms with E-state index < -0.39 is 0 Å². The molecule has 0 spiro atoms. The molecule has 27 heavy (non-hydrogen) atoms. The van der Waals surface area contributed by atoms with Crippen LogP contribution in [0.2, 0.25) is 0 Å². The number of rotatable bonds is 9. The first-order valence-electron chi connectivity index (χ1n) is 9.38. The second-order valence-corrected chi connectivity index (χ2v) is 7.06. The summed E-state index contributed by atoms with van der Waals surface area (Å²) in [4.78, 5) is 22.1. The van der Waals surface area contributed by atoms with E-state index in [2.05, 4.69) is 27.5 Å². The summed E-state index contributed by atoms with van der Waals surface area (Å²) in [5, 5.41) is 7.74. The Morgan fingerprint density at radius 1 is 1.19 bits per heavy atom. The average Bonchev–Trinajstić information content (AvgIpc) is 3.14. The van der Waals surface area contributed by atoms with Crippen molar-refractivity contribution in [3.63, 3.8) is 0 Å². The second-order valence-electron chi connectivity index (χ2n) is 5.86. The van der Waals surface area contributed by atoms with Crippen molar-refractivity contribution >= 4 is 23.3 Å². The van der Waals surface area contributed by atoms with Gasteiger partial charge in [-0.2, -0.15) is 0 Å². The maximum atomic E-state index is 11.7. The van der Waals surface area contributed by atoms with Crippen LogP contribution in [-0.2, 0) is 24.1 Å². The van der Waals surface area contributed by atoms with E-state index in [1.54, 1.807) is 30.4 Å². The van der Waals surface area contributed by atoms with E-state index in [0.717, 1.165) is 42.5 Å². The van der Waals surface area contributed by atoms with Gasteiger partial charge in [0.1, 0.15) is 0 Å². The Morgan fingerprint density at radius 2 is 1.96 bits per heavy atom. The minimum atomic E-state index is -0.295. The summed E-state index contributed by atoms with van der Waals surface area (Å²) in [7, 11) is 0. The number of aliphatic imine (C=N–C) groups is 1. The third-order valence-corrected chi connectivity index (χ3v) is 5.01. The van der Waals surface area contributed by atoms with Gasteiger partial charge in [-0.25, -0.2) is 14.8 Å². The molecular formula is C20H28N4O2S. The van der Waals surface area contributed by atoms with Crippen LogP contribution in [0.25, 0.3) is 0 Å². The zero-order chi connectivity index (χ0) is 19.5. The molecule has 0 unspecified atom stereocenters. The zero-order valence-corrected chi connectivity index (χ0v) is 17.1. The number of aromatic nitrogens is 1. The predicted molar refractivity (Wildman–Crippen MR) is 110 cm³/mol. The van der Waals surface area contributed by atoms with Crippen LogP contribution in [0.3, 0.4) is 0 Å². The van der Waals surface area contributed by atoms with Crippen molar-refractivity contribution in [3.8, 4) is 0 Å². The van der Waals surface area contributed by atoms with E-state index in [1.807, 2.05) is 25.3 Å². The van der Waals surface area contributed by atoms with Crippen LogP contribution in [0, 0.1) is 0 Å². The van der Waals surface area contributed by atoms with E-state index in [-0.39, 0.29) is 5.97 Å². The maximum Gasteiger partial charge on any atom is 0.338 e. The van der Waals surface area contributed by atoms with E-state index in [4.69, 9.17) is 4.74 Å². The number of guanidine groups is 1. The largest absolute Gasteiger partial charge is 0.462 e. The SMILES string of the molecule is CCNC(=NCc1ccc(C(=O)OCC)cc1)NCCc1ncc(CC)s1. The molecule has 0 saturated carbocycles. The first-order chi connectivity index (χ1) is 13.2. The van der Waals surface area contributed by atoms with Crippen LogP contribution in [0.15, 0.2) is 35.5 Å². The molecule has 1 aromatic carbocycles. The molecular weight excluding hydrogens is 360 g/mol. The van der Waals surface area contributed by atoms with Gasteiger partial charge in [-0.3, -0.25) is 0 Å². The van der Waals surface area contributed by atoms with Gasteiger partial charge in [-0.1, -0.05) is 19.1 Å². The lowest BCUT2D eigenvalue weighted by molar-refractivity contribution is 0.0526. The summed E-state index contributed by atoms with van der Waals surface area (Å²) in [6, 6.07) is 7.36. The molecule has 0 aliphatic carbocycles. The standard InChI is InChI=1S/C20H28N4O2S/c1-4-17-14-23-18(27-17)11-12-22-20(21-5-2)24-13-15-7-9-16(10-8-15)19(25)26-6-3/h7-10,14H,4-6,11-13H2,1-3H3,(H2,21,22,24). The monoisotopic (exact) mass is 388 g/mol. The quantitative estimate of drug-likeness (QED) is 0.392. The number of esters is 1. The summed E-state index contributed by atoms with van der Waals surface area (Å²) in [6.45, 7) is 8.48. The van der Waals surface area contributed by atoms with Crippen LogP contribution >= 0.6 is 11.3 Å². The van der Waals surface area contributed by atoms with Gasteiger partial charge in [0.15, 0.2) is 5.96 Å². The summed E-state index contributed by atoms with van der Waals surface area (Å²) in [6.07, 6.45) is 3.87. The molecule has 6 nitrogen and oxygen atoms in total. The molecule has 0 amide bonds. The molecule has 0 fully saturated rings. The minimum Gasteiger partial charge on any atom is -0.462 e. The third kappa shape index (κ3) is 7.02. The summed E-state index contributed by atoms with van der Waals surface area (Å²) in [5.41, 5.74) is 1.59. The van der Waals surface area contributed by atoms with Gasteiger partial charge in [-0.15, -0.1) is 11.3 Å². The van der Waals surface area contributed by atoms with E-state index >= 15 is 0 Å². The Hall–Kier alpha value is -2.41. The van der Waals surface area contributed by atoms with Crippen LogP contribution in [0.4, 0.5) is 0 Å². The lowest BCUT2D eigenvalue weighted by atomic mass is 10.1. The highest BCUT2D eigenvalue weighted by Gasteiger charge is 2.06. The van der Waals surface area contributed by atoms with Crippen LogP contribution in [0.5, 0.6) is 0 Å². The molecule has 0 bridgehead atoms. The van der Waals surface area contributed by atoms with Gasteiger partial charge in [0.25, 0.3) is 0 Å². The number of hydrogen-bond acceptors (Lipinski definition) is 5. The highest BCUT2D eigenvalue weighted by atomic mass is 32.1. The fourth-order valence-electron chi connectivity index (χ4n) is 2.39. The number of nitrogens with zero attached hydrogens (tertiary/aromatic N) is 2. The summed E-state index contributed by atoms with van der Waals surface area (Å²) in [5.74, 6) is 0.482. The molecule has 1 heterocycles. The lowest BCUT2D eigenvalue weighted by Crippen LogP contribution is -2.38. The normalized spacial score (nSPS) is 11.3. The molecule has 2 aromatic rings. The number of hydrogen-bond donors (Lipinski definition) is 2. The predicted octanol–water partition coefficient (Wildman–Crippen LogP) is 3.18. The average molecular weight is 389 g/mol. The number of nitrogens with one attached hydrogen (secondary N) is 2. The van der Waals surface area contributed by atoms with E-state index in [9.17, 15) is 4.79 Å². The van der Waals surface area contributed by atoms with E-state index in [1.165, 1.54) is 4.88 Å². The van der Waals surface area contributed by atoms with Gasteiger partial charge in [-0.05, 0) is 38.0 Å². The fourth-order valence-corrected chi connectivity index (χ4v) is 3.25. The highest BCUT2D eigenvalue weighted by molar-refractivity contribution is 7.11. The maximum absolute atomic E-state index is 11.7. The number of benzene rings is 1. The second kappa shape index (κ2) is 11.3. The van der Waals surface area contributed by atoms with Gasteiger partial charge in [0, 0.05) is 30.6 Å². The molecule has 146 valence electrons. The van der Waals surface area contributed by atoms with Gasteiger partial charge in [0.05, 0.1) is 23.7 Å². The van der Waals surface area contributed by atoms with Gasteiger partial charge >= 0.3 is 5.97 Å². The van der Waals surface area contributed by atoms with Crippen LogP contribution in [-0.4, -0.2) is 36.6 Å². The van der Waals surface area contributed by atoms with Crippen molar-refractivity contribution in [2.45, 2.75) is 40.2 Å². The summed E-state index contributed by atoms with van der Waals surface area (Å²) < 4.78 is 5.00. The fraction of sp³-hybridized carbons (Fsp3) is 0.450. The van der Waals surface area contributed by atoms with Crippen LogP contribution < -0.4 is 10.6 Å². The molecule has 2 N–H and O–H groups in total. The molecule has 0 saturated heterocycles. The molecule has 1 aromatic heterocycles. The number of carbonyl (C=O) groups excluding carboxylic acids is 1. The highest BCUT2D eigenvalue weighted by Crippen LogP contribution is 2.13. The van der Waals surface area contributed by atoms with Crippen molar-refractivity contribution in [1.82, 2.24) is 15.6 Å². The minimum absolute atomic E-state index is 0.295. The van der Waals surface area contributed by atoms with Crippen molar-refractivity contribution in [2.75, 3.05) is 19.7 Å². The van der Waals surface area contributed by atoms with Crippen LogP contribution in [0.1, 0.15) is 46.6 Å². The molecule has 2 rings (SSSR count). The van der Waals surface area contributed by atoms with Crippen molar-refractivity contribution in [1.29, 1.82) is 0 Å². The Labute approximate surface area is 165 Å². The van der Waals surface area contributed by atoms with Gasteiger partial charge in [0.2, 0.25) is 0 Å². The Morgan fingerprint density at radius 3 is 2.59 bits per heavy atom. The number of thiazole rings is 1. The summed E-state index contributed by atoms with van der Waals surface area (Å²) >= 11 is 1.77. The number of ether oxygens (including phenoxy) is 1. The first-order valence-corrected chi connectivity index (χ1v) is 10.2. The number of carbonyl (C=O) groups is 1. The molecule has 0 atom stereocenters. The smallest absolute Gasteiger partial charge is 0.338 e. The Balaban J connectivity index is 1.87. The molecule has 0 aliphatic heterocycles. The Bertz CT molecular complexity index is 741. The first kappa shape index (κ1) is 20.9. The van der Waals surface area contributed by atoms with E-state index in [0.29, 0.717) is 18.7 Å². The topological polar surface area (TPSA) is 75.6 Å². The van der Waals surface area contributed by atoms with Crippen molar-refractivity contribution in [2.24, 2.45) is 4.99 Å². The molecule has 7 heteroatoms. The lowest BCUT2D eigenvalue weighted by Gasteiger charge is -2.10. The van der Waals surface area contributed by atoms with Crippen molar-refractivity contribution in [3.05, 3.63) is 51.5 Å². The third-order valence-electron chi connectivity index (χ3n) is 3.81. The Kier molecular flexibility index (Phi) is 8.77.